The van der Waals surface area contributed by atoms with Gasteiger partial charge in [-0.05, 0) is 76.2 Å². The van der Waals surface area contributed by atoms with Crippen molar-refractivity contribution < 1.29 is 17.9 Å². The van der Waals surface area contributed by atoms with E-state index in [2.05, 4.69) is 69.6 Å². The summed E-state index contributed by atoms with van der Waals surface area (Å²) in [6.45, 7) is 14.7. The van der Waals surface area contributed by atoms with E-state index in [1.165, 1.54) is 11.3 Å². The summed E-state index contributed by atoms with van der Waals surface area (Å²) in [6.07, 6.45) is 1.11. The Balaban J connectivity index is 1.20. The topological polar surface area (TPSA) is 123 Å². The summed E-state index contributed by atoms with van der Waals surface area (Å²) < 4.78 is 31.3. The molecule has 1 aliphatic heterocycles. The second kappa shape index (κ2) is 15.6. The van der Waals surface area contributed by atoms with Gasteiger partial charge in [-0.1, -0.05) is 12.1 Å². The predicted molar refractivity (Wildman–Crippen MR) is 197 cm³/mol. The first-order valence-electron chi connectivity index (χ1n) is 16.2. The number of nitrogens with zero attached hydrogens (tertiary/aromatic N) is 6. The summed E-state index contributed by atoms with van der Waals surface area (Å²) >= 11 is 1.37. The number of benzene rings is 2. The molecule has 1 fully saturated rings. The number of hydrogen-bond donors (Lipinski definition) is 2. The van der Waals surface area contributed by atoms with Crippen molar-refractivity contribution in [2.75, 3.05) is 83.4 Å². The van der Waals surface area contributed by atoms with Gasteiger partial charge < -0.3 is 24.3 Å². The average Bonchev–Trinajstić information content (AvgIpc) is 3.55. The molecule has 2 aromatic heterocycles. The standard InChI is InChI=1S/C34H44N8O4S2/c1-6-39(7-2)30-17-18-31(40(8-3)9-4)36-32(30)41-19-21-42(22-20-41)34(43)37-33-35-29(24-47-33)25-11-10-12-28(23-25)46-27-15-13-26(14-16-27)38-48(5,44)45/h10-18,23-24,38H,6-9,19-22H2,1-5H3,(H,35,37,43). The maximum absolute atomic E-state index is 13.3. The van der Waals surface area contributed by atoms with Gasteiger partial charge in [0, 0.05) is 69.0 Å². The van der Waals surface area contributed by atoms with Crippen LogP contribution in [0.5, 0.6) is 11.5 Å². The first kappa shape index (κ1) is 34.8. The number of ether oxygens (including phenoxy) is 1. The molecule has 1 aliphatic rings. The number of amides is 2. The molecule has 2 amide bonds. The zero-order chi connectivity index (χ0) is 34.3. The van der Waals surface area contributed by atoms with Crippen molar-refractivity contribution >= 4 is 55.5 Å². The van der Waals surface area contributed by atoms with E-state index >= 15 is 0 Å². The van der Waals surface area contributed by atoms with Crippen LogP contribution in [0.3, 0.4) is 0 Å². The average molecular weight is 693 g/mol. The molecule has 0 aliphatic carbocycles. The van der Waals surface area contributed by atoms with Crippen LogP contribution in [0.2, 0.25) is 0 Å². The second-order valence-electron chi connectivity index (χ2n) is 11.3. The van der Waals surface area contributed by atoms with E-state index in [4.69, 9.17) is 9.72 Å². The van der Waals surface area contributed by atoms with Crippen molar-refractivity contribution in [3.8, 4) is 22.8 Å². The van der Waals surface area contributed by atoms with Gasteiger partial charge in [-0.3, -0.25) is 10.0 Å². The Morgan fingerprint density at radius 3 is 2.21 bits per heavy atom. The van der Waals surface area contributed by atoms with Crippen LogP contribution in [-0.4, -0.2) is 87.9 Å². The zero-order valence-corrected chi connectivity index (χ0v) is 29.8. The van der Waals surface area contributed by atoms with Crippen LogP contribution in [0.25, 0.3) is 11.3 Å². The third-order valence-corrected chi connectivity index (χ3v) is 9.50. The van der Waals surface area contributed by atoms with Gasteiger partial charge in [-0.25, -0.2) is 23.2 Å². The molecule has 48 heavy (non-hydrogen) atoms. The fourth-order valence-corrected chi connectivity index (χ4v) is 6.89. The SMILES string of the molecule is CCN(CC)c1ccc(N(CC)CC)c(N2CCN(C(=O)Nc3nc(-c4cccc(Oc5ccc(NS(C)(=O)=O)cc5)c4)cs3)CC2)n1. The molecular formula is C34H44N8O4S2. The summed E-state index contributed by atoms with van der Waals surface area (Å²) in [7, 11) is -3.35. The maximum Gasteiger partial charge on any atom is 0.323 e. The van der Waals surface area contributed by atoms with E-state index in [1.807, 2.05) is 34.5 Å². The number of anilines is 5. The number of nitrogens with one attached hydrogen (secondary N) is 2. The molecule has 0 saturated carbocycles. The van der Waals surface area contributed by atoms with Gasteiger partial charge in [0.2, 0.25) is 10.0 Å². The van der Waals surface area contributed by atoms with E-state index in [9.17, 15) is 13.2 Å². The van der Waals surface area contributed by atoms with Gasteiger partial charge in [0.25, 0.3) is 0 Å². The van der Waals surface area contributed by atoms with E-state index in [0.717, 1.165) is 61.0 Å². The molecular weight excluding hydrogens is 649 g/mol. The van der Waals surface area contributed by atoms with Gasteiger partial charge >= 0.3 is 6.03 Å². The van der Waals surface area contributed by atoms with Crippen LogP contribution < -0.4 is 29.5 Å². The number of carbonyl (C=O) groups excluding carboxylic acids is 1. The Labute approximate surface area is 287 Å². The highest BCUT2D eigenvalue weighted by Crippen LogP contribution is 2.32. The van der Waals surface area contributed by atoms with Crippen LogP contribution >= 0.6 is 11.3 Å². The molecule has 5 rings (SSSR count). The van der Waals surface area contributed by atoms with Gasteiger partial charge in [0.05, 0.1) is 17.6 Å². The molecule has 0 spiro atoms. The Bertz CT molecular complexity index is 1780. The number of sulfonamides is 1. The van der Waals surface area contributed by atoms with E-state index in [0.29, 0.717) is 48.5 Å². The van der Waals surface area contributed by atoms with Crippen molar-refractivity contribution in [1.82, 2.24) is 14.9 Å². The predicted octanol–water partition coefficient (Wildman–Crippen LogP) is 6.42. The van der Waals surface area contributed by atoms with E-state index in [1.54, 1.807) is 24.3 Å². The first-order valence-corrected chi connectivity index (χ1v) is 19.0. The number of hydrogen-bond acceptors (Lipinski definition) is 10. The van der Waals surface area contributed by atoms with E-state index in [-0.39, 0.29) is 6.03 Å². The van der Waals surface area contributed by atoms with Gasteiger partial charge in [-0.15, -0.1) is 11.3 Å². The molecule has 2 aromatic carbocycles. The summed E-state index contributed by atoms with van der Waals surface area (Å²) in [6, 6.07) is 18.3. The van der Waals surface area contributed by atoms with Crippen molar-refractivity contribution in [2.24, 2.45) is 0 Å². The minimum atomic E-state index is -3.35. The van der Waals surface area contributed by atoms with Crippen LogP contribution in [-0.2, 0) is 10.0 Å². The van der Waals surface area contributed by atoms with E-state index < -0.39 is 10.0 Å². The molecule has 0 bridgehead atoms. The summed E-state index contributed by atoms with van der Waals surface area (Å²) in [5, 5.41) is 5.41. The third kappa shape index (κ3) is 8.66. The number of carbonyl (C=O) groups is 1. The third-order valence-electron chi connectivity index (χ3n) is 8.14. The number of urea groups is 1. The molecule has 14 heteroatoms. The molecule has 12 nitrogen and oxygen atoms in total. The summed E-state index contributed by atoms with van der Waals surface area (Å²) in [5.41, 5.74) is 3.15. The lowest BCUT2D eigenvalue weighted by Crippen LogP contribution is -2.50. The summed E-state index contributed by atoms with van der Waals surface area (Å²) in [5.74, 6) is 3.11. The molecule has 2 N–H and O–H groups in total. The fraction of sp³-hybridized carbons (Fsp3) is 0.382. The molecule has 0 radical (unpaired) electrons. The molecule has 256 valence electrons. The lowest BCUT2D eigenvalue weighted by Gasteiger charge is -2.38. The first-order chi connectivity index (χ1) is 23.1. The lowest BCUT2D eigenvalue weighted by molar-refractivity contribution is 0.208. The highest BCUT2D eigenvalue weighted by atomic mass is 32.2. The van der Waals surface area contributed by atoms with Crippen LogP contribution in [0.1, 0.15) is 27.7 Å². The minimum absolute atomic E-state index is 0.171. The Morgan fingerprint density at radius 1 is 0.875 bits per heavy atom. The smallest absolute Gasteiger partial charge is 0.323 e. The molecule has 0 atom stereocenters. The van der Waals surface area contributed by atoms with Crippen LogP contribution in [0.4, 0.5) is 32.9 Å². The normalized spacial score (nSPS) is 13.3. The van der Waals surface area contributed by atoms with Crippen molar-refractivity contribution in [3.05, 3.63) is 66.0 Å². The van der Waals surface area contributed by atoms with Gasteiger partial charge in [-0.2, -0.15) is 0 Å². The largest absolute Gasteiger partial charge is 0.457 e. The zero-order valence-electron chi connectivity index (χ0n) is 28.1. The van der Waals surface area contributed by atoms with Crippen LogP contribution in [0, 0.1) is 0 Å². The molecule has 0 unspecified atom stereocenters. The number of rotatable bonds is 13. The Morgan fingerprint density at radius 2 is 1.56 bits per heavy atom. The fourth-order valence-electron chi connectivity index (χ4n) is 5.61. The lowest BCUT2D eigenvalue weighted by atomic mass is 10.1. The maximum atomic E-state index is 13.3. The molecule has 3 heterocycles. The molecule has 1 saturated heterocycles. The second-order valence-corrected chi connectivity index (χ2v) is 13.9. The minimum Gasteiger partial charge on any atom is -0.457 e. The van der Waals surface area contributed by atoms with Crippen molar-refractivity contribution in [2.45, 2.75) is 27.7 Å². The number of piperazine rings is 1. The van der Waals surface area contributed by atoms with Crippen molar-refractivity contribution in [1.29, 1.82) is 0 Å². The van der Waals surface area contributed by atoms with Crippen molar-refractivity contribution in [3.63, 3.8) is 0 Å². The number of thiazole rings is 1. The number of aromatic nitrogens is 2. The quantitative estimate of drug-likeness (QED) is 0.164. The number of pyridine rings is 1. The van der Waals surface area contributed by atoms with Gasteiger partial charge in [0.15, 0.2) is 10.9 Å². The highest BCUT2D eigenvalue weighted by molar-refractivity contribution is 7.92. The molecule has 4 aromatic rings. The monoisotopic (exact) mass is 692 g/mol. The van der Waals surface area contributed by atoms with Crippen LogP contribution in [0.15, 0.2) is 66.0 Å². The Hall–Kier alpha value is -4.56. The Kier molecular flexibility index (Phi) is 11.3. The van der Waals surface area contributed by atoms with Gasteiger partial charge in [0.1, 0.15) is 17.3 Å². The highest BCUT2D eigenvalue weighted by Gasteiger charge is 2.26. The summed E-state index contributed by atoms with van der Waals surface area (Å²) in [4.78, 5) is 31.8.